The Morgan fingerprint density at radius 2 is 1.84 bits per heavy atom. The van der Waals surface area contributed by atoms with Gasteiger partial charge in [0.2, 0.25) is 11.8 Å². The molecule has 4 N–H and O–H groups in total. The van der Waals surface area contributed by atoms with E-state index in [1.807, 2.05) is 13.8 Å². The summed E-state index contributed by atoms with van der Waals surface area (Å²) in [5.74, 6) is -1.29. The average Bonchev–Trinajstić information content (AvgIpc) is 2.80. The summed E-state index contributed by atoms with van der Waals surface area (Å²) in [6, 6.07) is 4.20. The summed E-state index contributed by atoms with van der Waals surface area (Å²) in [6.45, 7) is 3.99. The number of hydrogen-bond acceptors (Lipinski definition) is 8. The maximum atomic E-state index is 13.1. The van der Waals surface area contributed by atoms with Crippen molar-refractivity contribution in [1.82, 2.24) is 16.0 Å². The normalized spacial score (nSPS) is 23.6. The number of aliphatic hydroxyl groups is 1. The summed E-state index contributed by atoms with van der Waals surface area (Å²) < 4.78 is 40.1. The summed E-state index contributed by atoms with van der Waals surface area (Å²) >= 11 is 6.12. The molecule has 1 aromatic carbocycles. The minimum atomic E-state index is -5.19. The van der Waals surface area contributed by atoms with Crippen molar-refractivity contribution in [2.75, 3.05) is 6.54 Å². The molecule has 14 heteroatoms. The molecule has 1 aliphatic heterocycles. The quantitative estimate of drug-likeness (QED) is 0.261. The van der Waals surface area contributed by atoms with Gasteiger partial charge in [0.05, 0.1) is 6.04 Å². The van der Waals surface area contributed by atoms with Crippen LogP contribution in [0.1, 0.15) is 70.5 Å². The summed E-state index contributed by atoms with van der Waals surface area (Å²) in [4.78, 5) is 38.1. The summed E-state index contributed by atoms with van der Waals surface area (Å²) in [7, 11) is -5.19. The number of alkyl carbamates (subject to hydrolysis) is 1. The van der Waals surface area contributed by atoms with E-state index in [4.69, 9.17) is 16.3 Å². The van der Waals surface area contributed by atoms with E-state index in [2.05, 4.69) is 16.0 Å². The van der Waals surface area contributed by atoms with Crippen molar-refractivity contribution in [3.8, 4) is 0 Å². The zero-order valence-electron chi connectivity index (χ0n) is 21.9. The van der Waals surface area contributed by atoms with Gasteiger partial charge in [-0.15, -0.1) is 0 Å². The standard InChI is InChI=1S/C24H36ClN3O8S.Na/c1-15(2)13-19-22(30)27-18(23(31)37(33,34)35)10-11-21(29)26-12-5-3-4-9-20(36-24(32)28-19)16-7-6-8-17(25)14-16;/h6-8,14-15,18-20,23,31H,3-5,9-13H2,1-2H3,(H,26,29)(H,27,30)(H,28,32)(H,33,34,35);/q;+1/p-1/t18-,19-,20?,23?;/m0./s1. The van der Waals surface area contributed by atoms with Gasteiger partial charge in [0.1, 0.15) is 22.3 Å². The Hall–Kier alpha value is -1.41. The number of halogens is 1. The van der Waals surface area contributed by atoms with Crippen molar-refractivity contribution >= 4 is 39.6 Å². The van der Waals surface area contributed by atoms with E-state index in [0.717, 1.165) is 6.42 Å². The fourth-order valence-corrected chi connectivity index (χ4v) is 4.82. The zero-order chi connectivity index (χ0) is 27.6. The molecule has 1 aromatic rings. The number of rotatable bonds is 5. The van der Waals surface area contributed by atoms with Gasteiger partial charge >= 0.3 is 35.7 Å². The first-order chi connectivity index (χ1) is 17.4. The number of benzene rings is 1. The maximum Gasteiger partial charge on any atom is 1.00 e. The van der Waals surface area contributed by atoms with Crippen LogP contribution in [0.2, 0.25) is 5.02 Å². The van der Waals surface area contributed by atoms with E-state index < -0.39 is 51.6 Å². The third-order valence-corrected chi connectivity index (χ3v) is 7.06. The van der Waals surface area contributed by atoms with Crippen molar-refractivity contribution in [1.29, 1.82) is 0 Å². The molecule has 0 aliphatic carbocycles. The van der Waals surface area contributed by atoms with Crippen LogP contribution >= 0.6 is 11.6 Å². The maximum absolute atomic E-state index is 13.1. The van der Waals surface area contributed by atoms with Gasteiger partial charge in [0, 0.05) is 18.0 Å². The van der Waals surface area contributed by atoms with Crippen LogP contribution in [-0.4, -0.2) is 60.0 Å². The number of nitrogens with one attached hydrogen (secondary N) is 3. The topological polar surface area (TPSA) is 174 Å². The first kappa shape index (κ1) is 34.6. The molecule has 0 spiro atoms. The molecule has 38 heavy (non-hydrogen) atoms. The molecular formula is C24H35ClN3NaO8S. The van der Waals surface area contributed by atoms with Crippen molar-refractivity contribution < 1.29 is 66.8 Å². The first-order valence-corrected chi connectivity index (χ1v) is 14.1. The predicted molar refractivity (Wildman–Crippen MR) is 135 cm³/mol. The van der Waals surface area contributed by atoms with Crippen LogP contribution in [0.25, 0.3) is 0 Å². The number of ether oxygens (including phenoxy) is 1. The van der Waals surface area contributed by atoms with E-state index >= 15 is 0 Å². The first-order valence-electron chi connectivity index (χ1n) is 12.3. The van der Waals surface area contributed by atoms with Gasteiger partial charge in [-0.3, -0.25) is 9.59 Å². The summed E-state index contributed by atoms with van der Waals surface area (Å²) in [6.07, 6.45) is 0.685. The van der Waals surface area contributed by atoms with Gasteiger partial charge in [-0.25, -0.2) is 13.2 Å². The molecular weight excluding hydrogens is 549 g/mol. The van der Waals surface area contributed by atoms with E-state index in [1.165, 1.54) is 0 Å². The van der Waals surface area contributed by atoms with Gasteiger partial charge in [-0.05, 0) is 55.7 Å². The molecule has 0 radical (unpaired) electrons. The zero-order valence-corrected chi connectivity index (χ0v) is 25.5. The van der Waals surface area contributed by atoms with Gasteiger partial charge in [-0.1, -0.05) is 44.0 Å². The van der Waals surface area contributed by atoms with Gasteiger partial charge in [-0.2, -0.15) is 0 Å². The predicted octanol–water partition coefficient (Wildman–Crippen LogP) is -0.655. The molecule has 208 valence electrons. The fourth-order valence-electron chi connectivity index (χ4n) is 4.01. The molecule has 4 atom stereocenters. The van der Waals surface area contributed by atoms with Crippen molar-refractivity contribution in [3.63, 3.8) is 0 Å². The Morgan fingerprint density at radius 3 is 2.47 bits per heavy atom. The molecule has 11 nitrogen and oxygen atoms in total. The van der Waals surface area contributed by atoms with Crippen LogP contribution in [0.15, 0.2) is 24.3 Å². The number of amides is 3. The van der Waals surface area contributed by atoms with Crippen LogP contribution in [0, 0.1) is 5.92 Å². The van der Waals surface area contributed by atoms with E-state index in [-0.39, 0.29) is 54.7 Å². The van der Waals surface area contributed by atoms with Crippen molar-refractivity contribution in [2.24, 2.45) is 5.92 Å². The van der Waals surface area contributed by atoms with E-state index in [1.54, 1.807) is 24.3 Å². The van der Waals surface area contributed by atoms with Crippen LogP contribution in [0.3, 0.4) is 0 Å². The van der Waals surface area contributed by atoms with Crippen LogP contribution in [0.5, 0.6) is 0 Å². The summed E-state index contributed by atoms with van der Waals surface area (Å²) in [5.41, 5.74) is -1.78. The third kappa shape index (κ3) is 12.2. The molecule has 1 saturated heterocycles. The van der Waals surface area contributed by atoms with Gasteiger partial charge in [0.25, 0.3) is 0 Å². The third-order valence-electron chi connectivity index (χ3n) is 5.90. The minimum absolute atomic E-state index is 0. The molecule has 2 rings (SSSR count). The number of carbonyl (C=O) groups excluding carboxylic acids is 3. The molecule has 0 bridgehead atoms. The van der Waals surface area contributed by atoms with Gasteiger partial charge in [0.15, 0.2) is 5.44 Å². The molecule has 1 heterocycles. The smallest absolute Gasteiger partial charge is 0.746 e. The monoisotopic (exact) mass is 583 g/mol. The second-order valence-electron chi connectivity index (χ2n) is 9.51. The molecule has 0 aromatic heterocycles. The molecule has 1 aliphatic rings. The Balaban J connectivity index is 0.00000722. The van der Waals surface area contributed by atoms with E-state index in [0.29, 0.717) is 36.4 Å². The number of cyclic esters (lactones) is 1. The number of hydrogen-bond donors (Lipinski definition) is 4. The van der Waals surface area contributed by atoms with Crippen molar-refractivity contribution in [2.45, 2.75) is 82.4 Å². The van der Waals surface area contributed by atoms with Crippen LogP contribution in [0.4, 0.5) is 4.79 Å². The average molecular weight is 584 g/mol. The molecule has 1 fully saturated rings. The largest absolute Gasteiger partial charge is 1.00 e. The van der Waals surface area contributed by atoms with E-state index in [9.17, 15) is 32.5 Å². The Bertz CT molecular complexity index is 1040. The minimum Gasteiger partial charge on any atom is -0.746 e. The second-order valence-corrected chi connectivity index (χ2v) is 11.4. The summed E-state index contributed by atoms with van der Waals surface area (Å²) in [5, 5.41) is 18.1. The van der Waals surface area contributed by atoms with Crippen LogP contribution < -0.4 is 45.5 Å². The second kappa shape index (κ2) is 16.6. The SMILES string of the molecule is CC(C)C[C@@H]1NC(=O)OC(c2cccc(Cl)c2)CCCCCNC(=O)CC[C@@H](C(O)S(=O)(=O)[O-])NC1=O.[Na+]. The number of carbonyl (C=O) groups is 3. The number of aliphatic hydroxyl groups excluding tert-OH is 1. The molecule has 0 saturated carbocycles. The molecule has 3 amide bonds. The molecule has 2 unspecified atom stereocenters. The Kier molecular flexibility index (Phi) is 15.2. The van der Waals surface area contributed by atoms with Gasteiger partial charge < -0.3 is 30.3 Å². The Labute approximate surface area is 250 Å². The fraction of sp³-hybridized carbons (Fsp3) is 0.625. The van der Waals surface area contributed by atoms with Crippen LogP contribution in [-0.2, 0) is 24.4 Å². The van der Waals surface area contributed by atoms with Crippen molar-refractivity contribution in [3.05, 3.63) is 34.9 Å². The Morgan fingerprint density at radius 1 is 1.13 bits per heavy atom.